The number of nitrogens with one attached hydrogen (secondary N) is 2. The maximum Gasteiger partial charge on any atom is 0.250 e. The van der Waals surface area contributed by atoms with Crippen LogP contribution in [0.15, 0.2) is 36.4 Å². The maximum absolute atomic E-state index is 11.3. The first-order valence-electron chi connectivity index (χ1n) is 4.83. The molecule has 1 aromatic carbocycles. The molecule has 0 atom stereocenters. The van der Waals surface area contributed by atoms with Crippen molar-refractivity contribution in [1.29, 1.82) is 0 Å². The van der Waals surface area contributed by atoms with Gasteiger partial charge in [0.2, 0.25) is 5.91 Å². The lowest BCUT2D eigenvalue weighted by molar-refractivity contribution is -0.114. The second-order valence-corrected chi connectivity index (χ2v) is 3.49. The second-order valence-electron chi connectivity index (χ2n) is 3.49. The summed E-state index contributed by atoms with van der Waals surface area (Å²) >= 11 is 0. The second kappa shape index (κ2) is 5.11. The Morgan fingerprint density at radius 2 is 1.44 bits per heavy atom. The molecule has 0 aliphatic heterocycles. The fourth-order valence-electron chi connectivity index (χ4n) is 1.08. The van der Waals surface area contributed by atoms with E-state index in [4.69, 9.17) is 0 Å². The van der Waals surface area contributed by atoms with Crippen LogP contribution in [0.2, 0.25) is 0 Å². The summed E-state index contributed by atoms with van der Waals surface area (Å²) < 4.78 is 0. The number of carbonyl (C=O) groups excluding carboxylic acids is 2. The third-order valence-electron chi connectivity index (χ3n) is 1.85. The normalized spacial score (nSPS) is 9.38. The summed E-state index contributed by atoms with van der Waals surface area (Å²) in [6.07, 6.45) is 0. The molecule has 0 saturated heterocycles. The Hall–Kier alpha value is -2.10. The van der Waals surface area contributed by atoms with E-state index < -0.39 is 0 Å². The van der Waals surface area contributed by atoms with E-state index in [2.05, 4.69) is 17.2 Å². The van der Waals surface area contributed by atoms with Crippen LogP contribution in [0, 0.1) is 0 Å². The van der Waals surface area contributed by atoms with E-state index in [1.807, 2.05) is 0 Å². The van der Waals surface area contributed by atoms with Crippen molar-refractivity contribution in [2.45, 2.75) is 13.8 Å². The van der Waals surface area contributed by atoms with Crippen LogP contribution in [-0.2, 0) is 9.59 Å². The van der Waals surface area contributed by atoms with E-state index in [1.165, 1.54) is 6.92 Å². The van der Waals surface area contributed by atoms with Gasteiger partial charge in [0, 0.05) is 23.9 Å². The molecule has 2 N–H and O–H groups in total. The van der Waals surface area contributed by atoms with Gasteiger partial charge in [-0.1, -0.05) is 6.58 Å². The zero-order valence-corrected chi connectivity index (χ0v) is 9.33. The van der Waals surface area contributed by atoms with Gasteiger partial charge in [0.25, 0.3) is 5.91 Å². The quantitative estimate of drug-likeness (QED) is 0.764. The molecule has 0 aliphatic carbocycles. The average Bonchev–Trinajstić information content (AvgIpc) is 2.20. The highest BCUT2D eigenvalue weighted by Gasteiger charge is 2.02. The van der Waals surface area contributed by atoms with Gasteiger partial charge >= 0.3 is 0 Å². The molecule has 1 aromatic rings. The highest BCUT2D eigenvalue weighted by molar-refractivity contribution is 6.02. The summed E-state index contributed by atoms with van der Waals surface area (Å²) in [6, 6.07) is 6.86. The van der Waals surface area contributed by atoms with Crippen molar-refractivity contribution in [3.63, 3.8) is 0 Å². The number of carbonyl (C=O) groups is 2. The number of rotatable bonds is 3. The third-order valence-corrected chi connectivity index (χ3v) is 1.85. The molecule has 0 fully saturated rings. The maximum atomic E-state index is 11.3. The van der Waals surface area contributed by atoms with Crippen LogP contribution in [0.3, 0.4) is 0 Å². The Balaban J connectivity index is 2.68. The summed E-state index contributed by atoms with van der Waals surface area (Å²) in [6.45, 7) is 6.62. The zero-order chi connectivity index (χ0) is 12.1. The van der Waals surface area contributed by atoms with Gasteiger partial charge in [-0.3, -0.25) is 9.59 Å². The molecule has 0 unspecified atom stereocenters. The van der Waals surface area contributed by atoms with E-state index in [0.717, 1.165) is 0 Å². The van der Waals surface area contributed by atoms with E-state index >= 15 is 0 Å². The van der Waals surface area contributed by atoms with Crippen LogP contribution < -0.4 is 10.6 Å². The number of hydrogen-bond donors (Lipinski definition) is 2. The highest BCUT2D eigenvalue weighted by atomic mass is 16.2. The number of amides is 2. The lowest BCUT2D eigenvalue weighted by Gasteiger charge is -2.06. The summed E-state index contributed by atoms with van der Waals surface area (Å²) in [7, 11) is 0. The number of hydrogen-bond acceptors (Lipinski definition) is 2. The topological polar surface area (TPSA) is 58.2 Å². The summed E-state index contributed by atoms with van der Waals surface area (Å²) in [5.41, 5.74) is 1.81. The van der Waals surface area contributed by atoms with E-state index in [1.54, 1.807) is 31.2 Å². The van der Waals surface area contributed by atoms with Crippen molar-refractivity contribution >= 4 is 23.2 Å². The van der Waals surface area contributed by atoms with Crippen molar-refractivity contribution < 1.29 is 9.59 Å². The smallest absolute Gasteiger partial charge is 0.250 e. The van der Waals surface area contributed by atoms with Crippen molar-refractivity contribution in [2.75, 3.05) is 10.6 Å². The molecule has 0 aliphatic rings. The van der Waals surface area contributed by atoms with E-state index in [9.17, 15) is 9.59 Å². The molecule has 0 radical (unpaired) electrons. The first-order valence-corrected chi connectivity index (χ1v) is 4.83. The zero-order valence-electron chi connectivity index (χ0n) is 9.33. The Labute approximate surface area is 94.4 Å². The van der Waals surface area contributed by atoms with Crippen molar-refractivity contribution in [1.82, 2.24) is 0 Å². The fraction of sp³-hybridized carbons (Fsp3) is 0.167. The lowest BCUT2D eigenvalue weighted by atomic mass is 10.2. The van der Waals surface area contributed by atoms with Gasteiger partial charge in [0.1, 0.15) is 0 Å². The Morgan fingerprint density at radius 1 is 1.00 bits per heavy atom. The van der Waals surface area contributed by atoms with Crippen LogP contribution in [-0.4, -0.2) is 11.8 Å². The molecule has 0 aromatic heterocycles. The molecule has 84 valence electrons. The minimum atomic E-state index is -0.215. The molecule has 4 nitrogen and oxygen atoms in total. The van der Waals surface area contributed by atoms with Gasteiger partial charge in [0.05, 0.1) is 0 Å². The molecule has 4 heteroatoms. The van der Waals surface area contributed by atoms with Crippen molar-refractivity contribution in [3.8, 4) is 0 Å². The van der Waals surface area contributed by atoms with E-state index in [0.29, 0.717) is 16.9 Å². The minimum Gasteiger partial charge on any atom is -0.326 e. The minimum absolute atomic E-state index is 0.126. The standard InChI is InChI=1S/C12H14N2O2/c1-8(2)12(16)14-11-6-4-10(5-7-11)13-9(3)15/h4-7H,1H2,2-3H3,(H,13,15)(H,14,16). The average molecular weight is 218 g/mol. The van der Waals surface area contributed by atoms with Crippen LogP contribution in [0.25, 0.3) is 0 Å². The highest BCUT2D eigenvalue weighted by Crippen LogP contribution is 2.13. The number of anilines is 2. The Kier molecular flexibility index (Phi) is 3.83. The molecule has 16 heavy (non-hydrogen) atoms. The van der Waals surface area contributed by atoms with Gasteiger partial charge in [-0.05, 0) is 31.2 Å². The molecule has 0 heterocycles. The van der Waals surface area contributed by atoms with Gasteiger partial charge in [-0.25, -0.2) is 0 Å². The fourth-order valence-corrected chi connectivity index (χ4v) is 1.08. The van der Waals surface area contributed by atoms with Crippen LogP contribution in [0.5, 0.6) is 0 Å². The van der Waals surface area contributed by atoms with Gasteiger partial charge in [0.15, 0.2) is 0 Å². The Morgan fingerprint density at radius 3 is 1.81 bits per heavy atom. The first kappa shape index (κ1) is 12.0. The summed E-state index contributed by atoms with van der Waals surface area (Å²) in [5, 5.41) is 5.31. The van der Waals surface area contributed by atoms with Gasteiger partial charge < -0.3 is 10.6 Å². The van der Waals surface area contributed by atoms with E-state index in [-0.39, 0.29) is 11.8 Å². The molecule has 0 spiro atoms. The largest absolute Gasteiger partial charge is 0.326 e. The van der Waals surface area contributed by atoms with Gasteiger partial charge in [-0.15, -0.1) is 0 Å². The lowest BCUT2D eigenvalue weighted by Crippen LogP contribution is -2.12. The molecule has 0 bridgehead atoms. The van der Waals surface area contributed by atoms with Gasteiger partial charge in [-0.2, -0.15) is 0 Å². The predicted molar refractivity (Wildman–Crippen MR) is 64.2 cm³/mol. The van der Waals surface area contributed by atoms with Crippen molar-refractivity contribution in [3.05, 3.63) is 36.4 Å². The summed E-state index contributed by atoms with van der Waals surface area (Å²) in [4.78, 5) is 22.1. The van der Waals surface area contributed by atoms with Crippen molar-refractivity contribution in [2.24, 2.45) is 0 Å². The molecule has 1 rings (SSSR count). The van der Waals surface area contributed by atoms with Crippen LogP contribution in [0.4, 0.5) is 11.4 Å². The van der Waals surface area contributed by atoms with Crippen LogP contribution in [0.1, 0.15) is 13.8 Å². The molecule has 0 saturated carbocycles. The van der Waals surface area contributed by atoms with Crippen LogP contribution >= 0.6 is 0 Å². The predicted octanol–water partition coefficient (Wildman–Crippen LogP) is 2.16. The number of benzene rings is 1. The monoisotopic (exact) mass is 218 g/mol. The molecular weight excluding hydrogens is 204 g/mol. The Bertz CT molecular complexity index is 421. The SMILES string of the molecule is C=C(C)C(=O)Nc1ccc(NC(C)=O)cc1. The third kappa shape index (κ3) is 3.57. The molecule has 2 amide bonds. The molecular formula is C12H14N2O2. The first-order chi connectivity index (χ1) is 7.49. The summed E-state index contributed by atoms with van der Waals surface area (Å²) in [5.74, 6) is -0.342.